The summed E-state index contributed by atoms with van der Waals surface area (Å²) in [5.41, 5.74) is -0.542. The van der Waals surface area contributed by atoms with Crippen molar-refractivity contribution in [2.24, 2.45) is 12.5 Å². The van der Waals surface area contributed by atoms with E-state index in [0.29, 0.717) is 25.9 Å². The van der Waals surface area contributed by atoms with Crippen molar-refractivity contribution >= 4 is 15.9 Å². The molecule has 0 bridgehead atoms. The molecule has 7 nitrogen and oxygen atoms in total. The number of piperidine rings is 1. The minimum Gasteiger partial charge on any atom is -0.356 e. The molecule has 1 atom stereocenters. The molecule has 2 aliphatic heterocycles. The van der Waals surface area contributed by atoms with E-state index in [1.807, 2.05) is 0 Å². The molecule has 3 rings (SSSR count). The van der Waals surface area contributed by atoms with Gasteiger partial charge in [0.25, 0.3) is 10.0 Å². The number of nitrogens with one attached hydrogen (secondary N) is 1. The average Bonchev–Trinajstić information content (AvgIpc) is 2.99. The molecule has 0 saturated carbocycles. The molecule has 8 heteroatoms. The summed E-state index contributed by atoms with van der Waals surface area (Å²) in [6.07, 6.45) is 5.13. The molecule has 0 unspecified atom stereocenters. The minimum absolute atomic E-state index is 0.0154. The van der Waals surface area contributed by atoms with E-state index in [4.69, 9.17) is 0 Å². The van der Waals surface area contributed by atoms with Gasteiger partial charge in [0.05, 0.1) is 11.7 Å². The fourth-order valence-corrected chi connectivity index (χ4v) is 4.59. The number of hydrogen-bond donors (Lipinski definition) is 1. The quantitative estimate of drug-likeness (QED) is 0.813. The smallest absolute Gasteiger partial charge is 0.262 e. The number of amides is 1. The topological polar surface area (TPSA) is 84.3 Å². The Bertz CT molecular complexity index is 639. The first-order valence-corrected chi connectivity index (χ1v) is 8.14. The van der Waals surface area contributed by atoms with Gasteiger partial charge in [0, 0.05) is 32.9 Å². The summed E-state index contributed by atoms with van der Waals surface area (Å²) in [4.78, 5) is 15.9. The Hall–Kier alpha value is -1.41. The first-order chi connectivity index (χ1) is 9.44. The second-order valence-corrected chi connectivity index (χ2v) is 7.49. The van der Waals surface area contributed by atoms with Gasteiger partial charge in [-0.15, -0.1) is 0 Å². The lowest BCUT2D eigenvalue weighted by Gasteiger charge is -2.37. The van der Waals surface area contributed by atoms with E-state index in [1.54, 1.807) is 11.6 Å². The lowest BCUT2D eigenvalue weighted by atomic mass is 9.79. The Balaban J connectivity index is 1.89. The van der Waals surface area contributed by atoms with Crippen molar-refractivity contribution in [1.29, 1.82) is 0 Å². The number of hydrogen-bond acceptors (Lipinski definition) is 4. The molecule has 2 fully saturated rings. The van der Waals surface area contributed by atoms with E-state index in [2.05, 4.69) is 10.3 Å². The van der Waals surface area contributed by atoms with E-state index in [-0.39, 0.29) is 17.5 Å². The molecule has 20 heavy (non-hydrogen) atoms. The fraction of sp³-hybridized carbons (Fsp3) is 0.667. The van der Waals surface area contributed by atoms with Crippen molar-refractivity contribution in [1.82, 2.24) is 19.2 Å². The van der Waals surface area contributed by atoms with E-state index in [9.17, 15) is 13.2 Å². The van der Waals surface area contributed by atoms with Crippen molar-refractivity contribution in [2.75, 3.05) is 19.6 Å². The van der Waals surface area contributed by atoms with Crippen LogP contribution >= 0.6 is 0 Å². The van der Waals surface area contributed by atoms with Crippen LogP contribution in [-0.4, -0.2) is 47.8 Å². The van der Waals surface area contributed by atoms with Gasteiger partial charge in [-0.2, -0.15) is 4.31 Å². The van der Waals surface area contributed by atoms with Crippen LogP contribution in [0.25, 0.3) is 0 Å². The van der Waals surface area contributed by atoms with Crippen LogP contribution in [0.3, 0.4) is 0 Å². The highest BCUT2D eigenvalue weighted by atomic mass is 32.2. The van der Waals surface area contributed by atoms with Crippen LogP contribution in [-0.2, 0) is 21.9 Å². The lowest BCUT2D eigenvalue weighted by Crippen LogP contribution is -2.49. The van der Waals surface area contributed by atoms with E-state index in [0.717, 1.165) is 6.42 Å². The summed E-state index contributed by atoms with van der Waals surface area (Å²) in [5, 5.41) is 2.87. The third-order valence-electron chi connectivity index (χ3n) is 4.20. The lowest BCUT2D eigenvalue weighted by molar-refractivity contribution is -0.129. The van der Waals surface area contributed by atoms with Gasteiger partial charge < -0.3 is 9.88 Å². The van der Waals surface area contributed by atoms with Crippen molar-refractivity contribution in [3.05, 3.63) is 12.5 Å². The predicted molar refractivity (Wildman–Crippen MR) is 71.3 cm³/mol. The zero-order valence-corrected chi connectivity index (χ0v) is 12.2. The summed E-state index contributed by atoms with van der Waals surface area (Å²) >= 11 is 0. The molecule has 1 aromatic rings. The van der Waals surface area contributed by atoms with Gasteiger partial charge in [-0.1, -0.05) is 0 Å². The molecule has 0 aromatic carbocycles. The third-order valence-corrected chi connectivity index (χ3v) is 5.93. The summed E-state index contributed by atoms with van der Waals surface area (Å²) in [5.74, 6) is -0.0154. The maximum absolute atomic E-state index is 12.6. The zero-order valence-electron chi connectivity index (χ0n) is 11.4. The maximum Gasteiger partial charge on any atom is 0.262 e. The maximum atomic E-state index is 12.6. The largest absolute Gasteiger partial charge is 0.356 e. The Morgan fingerprint density at radius 1 is 1.40 bits per heavy atom. The molecule has 0 radical (unpaired) electrons. The standard InChI is InChI=1S/C12H18N4O3S/c1-15-7-10(14-9-15)20(18,19)16-6-2-3-12(8-16)4-5-13-11(12)17/h7,9H,2-6,8H2,1H3,(H,13,17)/t12-/m0/s1. The highest BCUT2D eigenvalue weighted by molar-refractivity contribution is 7.89. The van der Waals surface area contributed by atoms with Crippen molar-refractivity contribution < 1.29 is 13.2 Å². The van der Waals surface area contributed by atoms with Crippen LogP contribution in [0.2, 0.25) is 0 Å². The zero-order chi connectivity index (χ0) is 14.4. The Morgan fingerprint density at radius 2 is 2.20 bits per heavy atom. The van der Waals surface area contributed by atoms with Crippen LogP contribution in [0.4, 0.5) is 0 Å². The number of aromatic nitrogens is 2. The first-order valence-electron chi connectivity index (χ1n) is 6.70. The third kappa shape index (κ3) is 2.03. The van der Waals surface area contributed by atoms with Gasteiger partial charge in [0.1, 0.15) is 0 Å². The van der Waals surface area contributed by atoms with E-state index < -0.39 is 15.4 Å². The van der Waals surface area contributed by atoms with Crippen LogP contribution < -0.4 is 5.32 Å². The summed E-state index contributed by atoms with van der Waals surface area (Å²) in [6, 6.07) is 0. The monoisotopic (exact) mass is 298 g/mol. The van der Waals surface area contributed by atoms with Crippen LogP contribution in [0, 0.1) is 5.41 Å². The van der Waals surface area contributed by atoms with Gasteiger partial charge in [-0.25, -0.2) is 13.4 Å². The minimum atomic E-state index is -3.61. The highest BCUT2D eigenvalue weighted by Gasteiger charge is 2.48. The molecule has 1 amide bonds. The van der Waals surface area contributed by atoms with Crippen LogP contribution in [0.15, 0.2) is 17.6 Å². The van der Waals surface area contributed by atoms with Crippen molar-refractivity contribution in [3.8, 4) is 0 Å². The number of carbonyl (C=O) groups is 1. The number of carbonyl (C=O) groups excluding carboxylic acids is 1. The molecular weight excluding hydrogens is 280 g/mol. The molecule has 3 heterocycles. The summed E-state index contributed by atoms with van der Waals surface area (Å²) in [7, 11) is -1.88. The molecule has 0 aliphatic carbocycles. The van der Waals surface area contributed by atoms with E-state index in [1.165, 1.54) is 16.8 Å². The number of imidazole rings is 1. The molecule has 2 aliphatic rings. The van der Waals surface area contributed by atoms with Gasteiger partial charge in [0.2, 0.25) is 5.91 Å². The van der Waals surface area contributed by atoms with Gasteiger partial charge in [0.15, 0.2) is 5.03 Å². The van der Waals surface area contributed by atoms with Gasteiger partial charge in [-0.05, 0) is 19.3 Å². The summed E-state index contributed by atoms with van der Waals surface area (Å²) in [6.45, 7) is 1.35. The molecule has 2 saturated heterocycles. The normalized spacial score (nSPS) is 27.9. The molecule has 1 aromatic heterocycles. The molecule has 110 valence electrons. The van der Waals surface area contributed by atoms with Crippen molar-refractivity contribution in [2.45, 2.75) is 24.3 Å². The first kappa shape index (κ1) is 13.6. The number of rotatable bonds is 2. The van der Waals surface area contributed by atoms with Crippen LogP contribution in [0.5, 0.6) is 0 Å². The number of sulfonamides is 1. The summed E-state index contributed by atoms with van der Waals surface area (Å²) < 4.78 is 28.1. The predicted octanol–water partition coefficient (Wildman–Crippen LogP) is -0.289. The number of aryl methyl sites for hydroxylation is 1. The fourth-order valence-electron chi connectivity index (χ4n) is 3.05. The Morgan fingerprint density at radius 3 is 2.80 bits per heavy atom. The Kier molecular flexibility index (Phi) is 3.09. The molecule has 1 spiro atoms. The molecule has 1 N–H and O–H groups in total. The number of nitrogens with zero attached hydrogens (tertiary/aromatic N) is 3. The van der Waals surface area contributed by atoms with E-state index >= 15 is 0 Å². The second kappa shape index (κ2) is 4.56. The van der Waals surface area contributed by atoms with Gasteiger partial charge >= 0.3 is 0 Å². The SMILES string of the molecule is Cn1cnc(S(=O)(=O)N2CCC[C@]3(CCNC3=O)C2)c1. The van der Waals surface area contributed by atoms with Crippen molar-refractivity contribution in [3.63, 3.8) is 0 Å². The average molecular weight is 298 g/mol. The highest BCUT2D eigenvalue weighted by Crippen LogP contribution is 2.38. The Labute approximate surface area is 118 Å². The van der Waals surface area contributed by atoms with Crippen LogP contribution in [0.1, 0.15) is 19.3 Å². The second-order valence-electron chi connectivity index (χ2n) is 5.61. The van der Waals surface area contributed by atoms with Gasteiger partial charge in [-0.3, -0.25) is 4.79 Å². The molecular formula is C12H18N4O3S.